The van der Waals surface area contributed by atoms with Crippen LogP contribution in [0.25, 0.3) is 5.69 Å². The summed E-state index contributed by atoms with van der Waals surface area (Å²) in [5.41, 5.74) is 1.02. The molecule has 42 heavy (non-hydrogen) atoms. The number of rotatable bonds is 8. The Morgan fingerprint density at radius 2 is 1.98 bits per heavy atom. The van der Waals surface area contributed by atoms with Crippen LogP contribution in [0.2, 0.25) is 0 Å². The van der Waals surface area contributed by atoms with Crippen molar-refractivity contribution in [3.05, 3.63) is 80.9 Å². The quantitative estimate of drug-likeness (QED) is 0.102. The Morgan fingerprint density at radius 1 is 1.21 bits per heavy atom. The van der Waals surface area contributed by atoms with Crippen LogP contribution in [0, 0.1) is 5.41 Å². The summed E-state index contributed by atoms with van der Waals surface area (Å²) >= 11 is 17.4. The molecule has 7 nitrogen and oxygen atoms in total. The van der Waals surface area contributed by atoms with E-state index < -0.39 is 17.0 Å². The highest BCUT2D eigenvalue weighted by atomic mass is 79.9. The van der Waals surface area contributed by atoms with E-state index in [0.29, 0.717) is 35.9 Å². The molecule has 1 aromatic heterocycles. The molecule has 3 aliphatic rings. The van der Waals surface area contributed by atoms with Crippen LogP contribution < -0.4 is 5.84 Å². The first-order chi connectivity index (χ1) is 20.1. The van der Waals surface area contributed by atoms with Gasteiger partial charge < -0.3 is 5.84 Å². The number of hydrazone groups is 2. The number of allylic oxidation sites excluding steroid dienone is 6. The van der Waals surface area contributed by atoms with Gasteiger partial charge in [0.1, 0.15) is 22.6 Å². The van der Waals surface area contributed by atoms with Gasteiger partial charge in [-0.2, -0.15) is 23.4 Å². The second-order valence-corrected chi connectivity index (χ2v) is 12.8. The molecule has 0 amide bonds. The van der Waals surface area contributed by atoms with Crippen molar-refractivity contribution in [2.75, 3.05) is 6.54 Å². The Labute approximate surface area is 264 Å². The first-order valence-corrected chi connectivity index (χ1v) is 15.7. The van der Waals surface area contributed by atoms with Crippen molar-refractivity contribution < 1.29 is 13.2 Å². The summed E-state index contributed by atoms with van der Waals surface area (Å²) in [5, 5.41) is 9.75. The molecular weight excluding hydrogens is 674 g/mol. The number of aliphatic imine (C=N–C) groups is 1. The topological polar surface area (TPSA) is 84.2 Å². The molecule has 0 bridgehead atoms. The molecule has 1 aromatic carbocycles. The van der Waals surface area contributed by atoms with Gasteiger partial charge in [0, 0.05) is 33.6 Å². The van der Waals surface area contributed by atoms with Crippen molar-refractivity contribution in [1.82, 2.24) is 14.6 Å². The van der Waals surface area contributed by atoms with Gasteiger partial charge in [0.25, 0.3) is 0 Å². The van der Waals surface area contributed by atoms with Crippen LogP contribution in [-0.4, -0.2) is 50.3 Å². The third-order valence-corrected chi connectivity index (χ3v) is 9.77. The molecule has 2 heterocycles. The monoisotopic (exact) mass is 699 g/mol. The van der Waals surface area contributed by atoms with Crippen LogP contribution >= 0.6 is 50.9 Å². The molecule has 2 aliphatic carbocycles. The summed E-state index contributed by atoms with van der Waals surface area (Å²) in [6.45, 7) is 0.759. The van der Waals surface area contributed by atoms with Crippen molar-refractivity contribution in [2.24, 2.45) is 26.5 Å². The molecule has 0 saturated heterocycles. The summed E-state index contributed by atoms with van der Waals surface area (Å²) in [7, 11) is 0. The summed E-state index contributed by atoms with van der Waals surface area (Å²) in [6, 6.07) is 7.72. The van der Waals surface area contributed by atoms with Crippen LogP contribution in [0.4, 0.5) is 13.2 Å². The van der Waals surface area contributed by atoms with Gasteiger partial charge in [-0.15, -0.1) is 23.4 Å². The van der Waals surface area contributed by atoms with Gasteiger partial charge in [-0.1, -0.05) is 46.1 Å². The normalized spacial score (nSPS) is 20.3. The zero-order chi connectivity index (χ0) is 29.9. The average molecular weight is 701 g/mol. The highest BCUT2D eigenvalue weighted by Crippen LogP contribution is 2.56. The van der Waals surface area contributed by atoms with E-state index in [2.05, 4.69) is 31.1 Å². The van der Waals surface area contributed by atoms with Crippen molar-refractivity contribution >= 4 is 68.5 Å². The van der Waals surface area contributed by atoms with E-state index in [1.807, 2.05) is 41.0 Å². The van der Waals surface area contributed by atoms with E-state index >= 15 is 0 Å². The Kier molecular flexibility index (Phi) is 9.56. The lowest BCUT2D eigenvalue weighted by Gasteiger charge is -2.43. The molecule has 1 aliphatic heterocycles. The molecule has 1 unspecified atom stereocenters. The minimum Gasteiger partial charge on any atom is -0.322 e. The summed E-state index contributed by atoms with van der Waals surface area (Å²) in [5.74, 6) is 6.36. The lowest BCUT2D eigenvalue weighted by molar-refractivity contribution is -0.219. The Bertz CT molecular complexity index is 1480. The van der Waals surface area contributed by atoms with Gasteiger partial charge in [-0.25, -0.2) is 9.99 Å². The summed E-state index contributed by atoms with van der Waals surface area (Å²) in [6.07, 6.45) is 6.87. The highest BCUT2D eigenvalue weighted by molar-refractivity contribution is 9.10. The molecule has 222 valence electrons. The number of alkyl halides is 4. The smallest absolute Gasteiger partial charge is 0.322 e. The number of benzene rings is 1. The maximum atomic E-state index is 14.1. The molecule has 5 rings (SSSR count). The van der Waals surface area contributed by atoms with Gasteiger partial charge in [-0.05, 0) is 54.8 Å². The second kappa shape index (κ2) is 13.0. The number of halogens is 6. The third-order valence-electron chi connectivity index (χ3n) is 7.37. The van der Waals surface area contributed by atoms with E-state index in [1.165, 1.54) is 0 Å². The SMILES string of the molecule is N/N=C(\SCc1nc(CC2=CC=C(Cl)C=CC2Cl)n(-c2ccc(Br)cc2)c1CN1C=NCC=N1)C1(C(F)(F)F)CCC1. The maximum Gasteiger partial charge on any atom is 0.400 e. The van der Waals surface area contributed by atoms with Crippen molar-refractivity contribution in [3.63, 3.8) is 0 Å². The Balaban J connectivity index is 1.58. The molecule has 1 saturated carbocycles. The molecule has 0 spiro atoms. The largest absolute Gasteiger partial charge is 0.400 e. The van der Waals surface area contributed by atoms with Gasteiger partial charge in [0.2, 0.25) is 0 Å². The predicted molar refractivity (Wildman–Crippen MR) is 168 cm³/mol. The number of nitrogens with zero attached hydrogens (tertiary/aromatic N) is 6. The first-order valence-electron chi connectivity index (χ1n) is 13.1. The maximum absolute atomic E-state index is 14.1. The lowest BCUT2D eigenvalue weighted by atomic mass is 9.69. The number of hydrogen-bond acceptors (Lipinski definition) is 7. The van der Waals surface area contributed by atoms with Crippen molar-refractivity contribution in [2.45, 2.75) is 49.5 Å². The van der Waals surface area contributed by atoms with E-state index in [1.54, 1.807) is 29.7 Å². The number of aromatic nitrogens is 2. The minimum absolute atomic E-state index is 0.0290. The fourth-order valence-electron chi connectivity index (χ4n) is 5.00. The van der Waals surface area contributed by atoms with E-state index in [9.17, 15) is 13.2 Å². The predicted octanol–water partition coefficient (Wildman–Crippen LogP) is 7.47. The molecular formula is C28H27BrCl2F3N7S. The van der Waals surface area contributed by atoms with E-state index in [-0.39, 0.29) is 30.2 Å². The Hall–Kier alpha value is -2.54. The van der Waals surface area contributed by atoms with Gasteiger partial charge in [0.05, 0.1) is 29.9 Å². The van der Waals surface area contributed by atoms with Crippen molar-refractivity contribution in [1.29, 1.82) is 0 Å². The number of nitrogens with two attached hydrogens (primary N) is 1. The zero-order valence-electron chi connectivity index (χ0n) is 22.2. The fraction of sp³-hybridized carbons (Fsp3) is 0.357. The minimum atomic E-state index is -4.44. The molecule has 0 radical (unpaired) electrons. The second-order valence-electron chi connectivity index (χ2n) is 10.00. The van der Waals surface area contributed by atoms with Crippen LogP contribution in [0.15, 0.2) is 78.8 Å². The lowest BCUT2D eigenvalue weighted by Crippen LogP contribution is -2.49. The molecule has 14 heteroatoms. The zero-order valence-corrected chi connectivity index (χ0v) is 26.2. The van der Waals surface area contributed by atoms with E-state index in [0.717, 1.165) is 33.2 Å². The Morgan fingerprint density at radius 3 is 2.60 bits per heavy atom. The molecule has 1 atom stereocenters. The van der Waals surface area contributed by atoms with Crippen LogP contribution in [0.1, 0.15) is 36.5 Å². The first kappa shape index (κ1) is 30.9. The average Bonchev–Trinajstić information content (AvgIpc) is 3.18. The number of hydrogen-bond donors (Lipinski definition) is 1. The number of thioether (sulfide) groups is 1. The van der Waals surface area contributed by atoms with Gasteiger partial charge in [0.15, 0.2) is 0 Å². The van der Waals surface area contributed by atoms with Gasteiger partial charge in [-0.3, -0.25) is 9.56 Å². The fourth-order valence-corrected chi connectivity index (χ4v) is 6.80. The third kappa shape index (κ3) is 6.51. The van der Waals surface area contributed by atoms with Crippen LogP contribution in [0.3, 0.4) is 0 Å². The highest BCUT2D eigenvalue weighted by Gasteiger charge is 2.61. The summed E-state index contributed by atoms with van der Waals surface area (Å²) in [4.78, 5) is 9.29. The standard InChI is InChI=1S/C28H27BrCl2F3N7S/c29-19-3-7-21(8-4-19)41-24(15-40-17-36-12-13-37-40)23(16-42-26(39-35)27(10-1-11-27)28(32,33)34)38-25(41)14-18-2-5-20(30)6-9-22(18)31/h2-9,13,17,22H,1,10-12,14-16,35H2/b39-26-. The van der Waals surface area contributed by atoms with Crippen LogP contribution in [0.5, 0.6) is 0 Å². The molecule has 1 fully saturated rings. The molecule has 2 aromatic rings. The van der Waals surface area contributed by atoms with Crippen LogP contribution in [-0.2, 0) is 18.7 Å². The van der Waals surface area contributed by atoms with Crippen molar-refractivity contribution in [3.8, 4) is 5.69 Å². The molecule has 2 N–H and O–H groups in total. The number of imidazole rings is 1. The summed E-state index contributed by atoms with van der Waals surface area (Å²) < 4.78 is 45.3. The van der Waals surface area contributed by atoms with Gasteiger partial charge >= 0.3 is 6.18 Å². The van der Waals surface area contributed by atoms with E-state index in [4.69, 9.17) is 34.0 Å².